The van der Waals surface area contributed by atoms with E-state index in [4.69, 9.17) is 0 Å². The average Bonchev–Trinajstić information content (AvgIpc) is 3.22. The van der Waals surface area contributed by atoms with E-state index in [0.29, 0.717) is 6.54 Å². The number of aliphatic hydroxyl groups excluding tert-OH is 1. The molecule has 2 atom stereocenters. The van der Waals surface area contributed by atoms with Gasteiger partial charge in [0.05, 0.1) is 18.7 Å². The standard InChI is InChI=1S/C34H36N4O3/c1-34(30-18-10-16-25-11-8-9-17-29(25)30)32(40)38(33(41)35-34)24-28(39)23-36-19-21-37(22-20-36)31(26-12-4-2-5-13-26)27-14-6-3-7-15-27/h2-18,28,31,39H,19-24H2,1H3,(H,35,41). The summed E-state index contributed by atoms with van der Waals surface area (Å²) in [5, 5.41) is 15.8. The number of carbonyl (C=O) groups is 2. The number of urea groups is 1. The van der Waals surface area contributed by atoms with Crippen molar-refractivity contribution in [2.75, 3.05) is 39.3 Å². The summed E-state index contributed by atoms with van der Waals surface area (Å²) >= 11 is 0. The predicted octanol–water partition coefficient (Wildman–Crippen LogP) is 4.37. The fourth-order valence-electron chi connectivity index (χ4n) is 6.36. The Balaban J connectivity index is 1.10. The Labute approximate surface area is 241 Å². The molecule has 0 radical (unpaired) electrons. The minimum Gasteiger partial charge on any atom is -0.390 e. The van der Waals surface area contributed by atoms with E-state index in [-0.39, 0.29) is 18.5 Å². The lowest BCUT2D eigenvalue weighted by atomic mass is 9.88. The number of fused-ring (bicyclic) bond motifs is 1. The lowest BCUT2D eigenvalue weighted by Gasteiger charge is -2.40. The van der Waals surface area contributed by atoms with E-state index in [0.717, 1.165) is 42.5 Å². The molecule has 7 nitrogen and oxygen atoms in total. The van der Waals surface area contributed by atoms with Crippen LogP contribution in [-0.2, 0) is 10.3 Å². The number of hydrogen-bond donors (Lipinski definition) is 2. The normalized spacial score (nSPS) is 21.0. The van der Waals surface area contributed by atoms with Gasteiger partial charge in [-0.1, -0.05) is 103 Å². The van der Waals surface area contributed by atoms with Crippen LogP contribution in [-0.4, -0.2) is 77.1 Å². The smallest absolute Gasteiger partial charge is 0.325 e. The third-order valence-electron chi connectivity index (χ3n) is 8.47. The van der Waals surface area contributed by atoms with Crippen LogP contribution in [0, 0.1) is 0 Å². The molecule has 2 unspecified atom stereocenters. The monoisotopic (exact) mass is 548 g/mol. The predicted molar refractivity (Wildman–Crippen MR) is 160 cm³/mol. The van der Waals surface area contributed by atoms with Crippen LogP contribution in [0.25, 0.3) is 10.8 Å². The number of carbonyl (C=O) groups excluding carboxylic acids is 2. The average molecular weight is 549 g/mol. The van der Waals surface area contributed by atoms with Gasteiger partial charge in [0.1, 0.15) is 5.54 Å². The van der Waals surface area contributed by atoms with Crippen LogP contribution in [0.2, 0.25) is 0 Å². The number of piperazine rings is 1. The summed E-state index contributed by atoms with van der Waals surface area (Å²) in [7, 11) is 0. The number of nitrogens with zero attached hydrogens (tertiary/aromatic N) is 3. The van der Waals surface area contributed by atoms with Crippen molar-refractivity contribution in [2.45, 2.75) is 24.6 Å². The number of hydrogen-bond acceptors (Lipinski definition) is 5. The maximum Gasteiger partial charge on any atom is 0.325 e. The third-order valence-corrected chi connectivity index (χ3v) is 8.47. The van der Waals surface area contributed by atoms with E-state index < -0.39 is 17.7 Å². The lowest BCUT2D eigenvalue weighted by molar-refractivity contribution is -0.132. The number of β-amino-alcohol motifs (C(OH)–C–C–N with tert-alkyl or cyclic N) is 1. The molecule has 2 aliphatic heterocycles. The maximum atomic E-state index is 13.6. The summed E-state index contributed by atoms with van der Waals surface area (Å²) in [6, 6.07) is 34.5. The molecule has 2 heterocycles. The fourth-order valence-corrected chi connectivity index (χ4v) is 6.36. The van der Waals surface area contributed by atoms with E-state index in [2.05, 4.69) is 63.6 Å². The number of aliphatic hydroxyl groups is 1. The second-order valence-electron chi connectivity index (χ2n) is 11.2. The molecule has 0 spiro atoms. The number of amides is 3. The van der Waals surface area contributed by atoms with Crippen LogP contribution in [0.3, 0.4) is 0 Å². The number of nitrogens with one attached hydrogen (secondary N) is 1. The zero-order valence-corrected chi connectivity index (χ0v) is 23.3. The van der Waals surface area contributed by atoms with Gasteiger partial charge in [-0.05, 0) is 34.4 Å². The molecule has 0 aromatic heterocycles. The van der Waals surface area contributed by atoms with Crippen molar-refractivity contribution < 1.29 is 14.7 Å². The van der Waals surface area contributed by atoms with Crippen molar-refractivity contribution in [3.8, 4) is 0 Å². The molecule has 210 valence electrons. The molecule has 7 heteroatoms. The highest BCUT2D eigenvalue weighted by Gasteiger charge is 2.50. The van der Waals surface area contributed by atoms with Crippen LogP contribution in [0.5, 0.6) is 0 Å². The highest BCUT2D eigenvalue weighted by Crippen LogP contribution is 2.34. The molecule has 4 aromatic carbocycles. The summed E-state index contributed by atoms with van der Waals surface area (Å²) in [6.07, 6.45) is -0.842. The van der Waals surface area contributed by atoms with Crippen LogP contribution >= 0.6 is 0 Å². The quantitative estimate of drug-likeness (QED) is 0.320. The second-order valence-corrected chi connectivity index (χ2v) is 11.2. The first-order valence-corrected chi connectivity index (χ1v) is 14.3. The van der Waals surface area contributed by atoms with Crippen LogP contribution in [0.15, 0.2) is 103 Å². The topological polar surface area (TPSA) is 76.1 Å². The number of imide groups is 1. The van der Waals surface area contributed by atoms with E-state index >= 15 is 0 Å². The van der Waals surface area contributed by atoms with Gasteiger partial charge in [0.25, 0.3) is 5.91 Å². The minimum absolute atomic E-state index is 0.0398. The molecule has 6 rings (SSSR count). The van der Waals surface area contributed by atoms with Crippen molar-refractivity contribution in [1.29, 1.82) is 0 Å². The molecule has 2 N–H and O–H groups in total. The molecule has 0 bridgehead atoms. The largest absolute Gasteiger partial charge is 0.390 e. The van der Waals surface area contributed by atoms with Gasteiger partial charge in [-0.15, -0.1) is 0 Å². The first-order valence-electron chi connectivity index (χ1n) is 14.3. The second kappa shape index (κ2) is 11.4. The molecule has 2 fully saturated rings. The molecule has 41 heavy (non-hydrogen) atoms. The van der Waals surface area contributed by atoms with Crippen LogP contribution in [0.4, 0.5) is 4.79 Å². The molecule has 2 saturated heterocycles. The Kier molecular flexibility index (Phi) is 7.58. The minimum atomic E-state index is -1.19. The van der Waals surface area contributed by atoms with E-state index in [1.165, 1.54) is 16.0 Å². The number of benzene rings is 4. The molecule has 0 saturated carbocycles. The lowest BCUT2D eigenvalue weighted by Crippen LogP contribution is -2.51. The van der Waals surface area contributed by atoms with Gasteiger partial charge in [-0.2, -0.15) is 0 Å². The van der Waals surface area contributed by atoms with Gasteiger partial charge < -0.3 is 10.4 Å². The fraction of sp³-hybridized carbons (Fsp3) is 0.294. The van der Waals surface area contributed by atoms with Gasteiger partial charge in [-0.25, -0.2) is 4.79 Å². The highest BCUT2D eigenvalue weighted by atomic mass is 16.3. The van der Waals surface area contributed by atoms with Gasteiger partial charge in [0.2, 0.25) is 0 Å². The molecule has 4 aromatic rings. The maximum absolute atomic E-state index is 13.6. The van der Waals surface area contributed by atoms with Crippen LogP contribution < -0.4 is 5.32 Å². The van der Waals surface area contributed by atoms with E-state index in [1.807, 2.05) is 54.6 Å². The van der Waals surface area contributed by atoms with Crippen LogP contribution in [0.1, 0.15) is 29.7 Å². The Bertz CT molecular complexity index is 1480. The summed E-state index contributed by atoms with van der Waals surface area (Å²) in [5.74, 6) is -0.337. The molecule has 2 aliphatic rings. The zero-order chi connectivity index (χ0) is 28.4. The molecule has 0 aliphatic carbocycles. The van der Waals surface area contributed by atoms with Crippen molar-refractivity contribution in [2.24, 2.45) is 0 Å². The summed E-state index contributed by atoms with van der Waals surface area (Å²) in [6.45, 7) is 5.39. The van der Waals surface area contributed by atoms with Crippen molar-refractivity contribution in [1.82, 2.24) is 20.0 Å². The number of rotatable bonds is 8. The van der Waals surface area contributed by atoms with Gasteiger partial charge in [-0.3, -0.25) is 19.5 Å². The summed E-state index contributed by atoms with van der Waals surface area (Å²) in [4.78, 5) is 32.5. The Morgan fingerprint density at radius 1 is 0.756 bits per heavy atom. The third kappa shape index (κ3) is 5.36. The molecule has 3 amide bonds. The highest BCUT2D eigenvalue weighted by molar-refractivity contribution is 6.09. The van der Waals surface area contributed by atoms with E-state index in [1.54, 1.807) is 6.92 Å². The van der Waals surface area contributed by atoms with Gasteiger partial charge in [0.15, 0.2) is 0 Å². The van der Waals surface area contributed by atoms with Gasteiger partial charge >= 0.3 is 6.03 Å². The summed E-state index contributed by atoms with van der Waals surface area (Å²) < 4.78 is 0. The first kappa shape index (κ1) is 27.1. The SMILES string of the molecule is CC1(c2cccc3ccccc23)NC(=O)N(CC(O)CN2CCN(C(c3ccccc3)c3ccccc3)CC2)C1=O. The Hall–Kier alpha value is -4.04. The van der Waals surface area contributed by atoms with E-state index in [9.17, 15) is 14.7 Å². The zero-order valence-electron chi connectivity index (χ0n) is 23.3. The summed E-state index contributed by atoms with van der Waals surface area (Å²) in [5.41, 5.74) is 2.10. The van der Waals surface area contributed by atoms with Gasteiger partial charge in [0, 0.05) is 32.7 Å². The first-order chi connectivity index (χ1) is 19.9. The van der Waals surface area contributed by atoms with Crippen molar-refractivity contribution in [3.63, 3.8) is 0 Å². The molecular weight excluding hydrogens is 512 g/mol. The molecular formula is C34H36N4O3. The van der Waals surface area contributed by atoms with Crippen molar-refractivity contribution in [3.05, 3.63) is 120 Å². The Morgan fingerprint density at radius 3 is 2.00 bits per heavy atom. The Morgan fingerprint density at radius 2 is 1.34 bits per heavy atom. The van der Waals surface area contributed by atoms with Crippen molar-refractivity contribution >= 4 is 22.7 Å².